The summed E-state index contributed by atoms with van der Waals surface area (Å²) in [6.07, 6.45) is 9.97. The van der Waals surface area contributed by atoms with E-state index in [4.69, 9.17) is 4.98 Å². The molecule has 7 nitrogen and oxygen atoms in total. The number of amides is 4. The molecule has 2 unspecified atom stereocenters. The molecule has 29 heavy (non-hydrogen) atoms. The molecule has 2 N–H and O–H groups in total. The number of fused-ring (bicyclic) bond motifs is 1. The Labute approximate surface area is 175 Å². The van der Waals surface area contributed by atoms with Crippen LogP contribution in [0.3, 0.4) is 0 Å². The minimum absolute atomic E-state index is 0.102. The molecule has 0 bridgehead atoms. The van der Waals surface area contributed by atoms with Crippen LogP contribution in [0.5, 0.6) is 0 Å². The molecular formula is C21H30N4O3S. The van der Waals surface area contributed by atoms with Gasteiger partial charge >= 0.3 is 6.03 Å². The normalized spacial score (nSPS) is 26.5. The van der Waals surface area contributed by atoms with Crippen molar-refractivity contribution in [3.05, 3.63) is 15.6 Å². The maximum Gasteiger partial charge on any atom is 0.325 e. The minimum Gasteiger partial charge on any atom is -0.355 e. The number of carbonyl (C=O) groups is 3. The second-order valence-corrected chi connectivity index (χ2v) is 9.75. The van der Waals surface area contributed by atoms with Gasteiger partial charge in [0.1, 0.15) is 12.1 Å². The average Bonchev–Trinajstić information content (AvgIpc) is 3.22. The first-order valence-electron chi connectivity index (χ1n) is 10.9. The molecule has 1 spiro atoms. The van der Waals surface area contributed by atoms with Crippen molar-refractivity contribution in [3.63, 3.8) is 0 Å². The Morgan fingerprint density at radius 3 is 2.90 bits per heavy atom. The highest BCUT2D eigenvalue weighted by Crippen LogP contribution is 2.38. The average molecular weight is 419 g/mol. The van der Waals surface area contributed by atoms with E-state index in [0.29, 0.717) is 13.0 Å². The molecule has 1 aliphatic heterocycles. The van der Waals surface area contributed by atoms with Gasteiger partial charge in [0.25, 0.3) is 5.91 Å². The number of nitrogens with one attached hydrogen (secondary N) is 2. The van der Waals surface area contributed by atoms with Crippen molar-refractivity contribution < 1.29 is 14.4 Å². The number of hydrogen-bond donors (Lipinski definition) is 2. The molecule has 2 atom stereocenters. The van der Waals surface area contributed by atoms with E-state index in [0.717, 1.165) is 54.9 Å². The summed E-state index contributed by atoms with van der Waals surface area (Å²) in [6.45, 7) is 2.33. The van der Waals surface area contributed by atoms with Crippen LogP contribution in [0.1, 0.15) is 67.4 Å². The molecule has 1 saturated heterocycles. The second-order valence-electron chi connectivity index (χ2n) is 8.58. The lowest BCUT2D eigenvalue weighted by atomic mass is 9.73. The number of hydrogen-bond acceptors (Lipinski definition) is 5. The van der Waals surface area contributed by atoms with Crippen LogP contribution in [0, 0.1) is 5.92 Å². The van der Waals surface area contributed by atoms with Crippen molar-refractivity contribution in [2.75, 3.05) is 13.1 Å². The van der Waals surface area contributed by atoms with E-state index in [2.05, 4.69) is 10.6 Å². The minimum atomic E-state index is -0.806. The lowest BCUT2D eigenvalue weighted by molar-refractivity contribution is -0.137. The molecule has 3 aliphatic rings. The lowest BCUT2D eigenvalue weighted by Gasteiger charge is -2.36. The van der Waals surface area contributed by atoms with Crippen molar-refractivity contribution in [2.24, 2.45) is 5.92 Å². The topological polar surface area (TPSA) is 91.4 Å². The van der Waals surface area contributed by atoms with Crippen LogP contribution in [0.4, 0.5) is 4.79 Å². The van der Waals surface area contributed by atoms with Crippen LogP contribution >= 0.6 is 11.3 Å². The van der Waals surface area contributed by atoms with Crippen molar-refractivity contribution in [1.82, 2.24) is 20.5 Å². The molecule has 2 heterocycles. The molecule has 0 aromatic carbocycles. The molecule has 2 aliphatic carbocycles. The molecule has 2 fully saturated rings. The first-order valence-corrected chi connectivity index (χ1v) is 11.7. The highest BCUT2D eigenvalue weighted by molar-refractivity contribution is 7.11. The lowest BCUT2D eigenvalue weighted by Crippen LogP contribution is -2.54. The number of carbonyl (C=O) groups excluding carboxylic acids is 3. The highest BCUT2D eigenvalue weighted by Gasteiger charge is 2.55. The molecule has 158 valence electrons. The number of nitrogens with zero attached hydrogens (tertiary/aromatic N) is 2. The van der Waals surface area contributed by atoms with Crippen molar-refractivity contribution in [1.29, 1.82) is 0 Å². The van der Waals surface area contributed by atoms with E-state index in [9.17, 15) is 14.4 Å². The Bertz CT molecular complexity index is 784. The van der Waals surface area contributed by atoms with Crippen molar-refractivity contribution in [2.45, 2.75) is 76.7 Å². The van der Waals surface area contributed by atoms with Crippen LogP contribution in [0.2, 0.25) is 0 Å². The molecule has 1 saturated carbocycles. The molecule has 1 aromatic heterocycles. The van der Waals surface area contributed by atoms with Gasteiger partial charge in [-0.05, 0) is 50.9 Å². The number of rotatable bonds is 6. The van der Waals surface area contributed by atoms with Gasteiger partial charge in [0.15, 0.2) is 0 Å². The second kappa shape index (κ2) is 8.42. The molecule has 8 heteroatoms. The van der Waals surface area contributed by atoms with Gasteiger partial charge in [-0.1, -0.05) is 19.8 Å². The third-order valence-corrected chi connectivity index (χ3v) is 7.80. The van der Waals surface area contributed by atoms with Gasteiger partial charge in [-0.3, -0.25) is 14.5 Å². The van der Waals surface area contributed by atoms with Gasteiger partial charge < -0.3 is 10.6 Å². The largest absolute Gasteiger partial charge is 0.355 e. The zero-order valence-electron chi connectivity index (χ0n) is 17.1. The maximum atomic E-state index is 12.9. The maximum absolute atomic E-state index is 12.9. The van der Waals surface area contributed by atoms with Crippen LogP contribution in [0.25, 0.3) is 0 Å². The third kappa shape index (κ3) is 4.04. The van der Waals surface area contributed by atoms with E-state index >= 15 is 0 Å². The van der Waals surface area contributed by atoms with Gasteiger partial charge in [0, 0.05) is 17.8 Å². The number of urea groups is 1. The number of aromatic nitrogens is 1. The Morgan fingerprint density at radius 1 is 1.28 bits per heavy atom. The Kier molecular flexibility index (Phi) is 5.90. The van der Waals surface area contributed by atoms with E-state index in [-0.39, 0.29) is 24.3 Å². The van der Waals surface area contributed by atoms with Crippen molar-refractivity contribution in [3.8, 4) is 0 Å². The van der Waals surface area contributed by atoms with Crippen LogP contribution in [0.15, 0.2) is 0 Å². The number of aryl methyl sites for hydroxylation is 3. The summed E-state index contributed by atoms with van der Waals surface area (Å²) < 4.78 is 0. The highest BCUT2D eigenvalue weighted by atomic mass is 32.1. The van der Waals surface area contributed by atoms with Crippen molar-refractivity contribution >= 4 is 29.2 Å². The fraction of sp³-hybridized carbons (Fsp3) is 0.714. The van der Waals surface area contributed by atoms with E-state index < -0.39 is 11.6 Å². The molecule has 0 radical (unpaired) electrons. The van der Waals surface area contributed by atoms with E-state index in [1.807, 2.05) is 6.92 Å². The van der Waals surface area contributed by atoms with E-state index in [1.54, 1.807) is 11.3 Å². The first-order chi connectivity index (χ1) is 14.0. The Balaban J connectivity index is 1.24. The molecule has 4 rings (SSSR count). The predicted molar refractivity (Wildman–Crippen MR) is 111 cm³/mol. The predicted octanol–water partition coefficient (Wildman–Crippen LogP) is 2.57. The fourth-order valence-electron chi connectivity index (χ4n) is 4.82. The number of imide groups is 1. The van der Waals surface area contributed by atoms with Crippen LogP contribution in [-0.4, -0.2) is 46.4 Å². The number of thiazole rings is 1. The molecular weight excluding hydrogens is 388 g/mol. The summed E-state index contributed by atoms with van der Waals surface area (Å²) >= 11 is 1.80. The smallest absolute Gasteiger partial charge is 0.325 e. The summed E-state index contributed by atoms with van der Waals surface area (Å²) in [5, 5.41) is 6.88. The first kappa shape index (κ1) is 20.3. The third-order valence-electron chi connectivity index (χ3n) is 6.58. The van der Waals surface area contributed by atoms with Gasteiger partial charge in [-0.2, -0.15) is 0 Å². The quantitative estimate of drug-likeness (QED) is 0.549. The summed E-state index contributed by atoms with van der Waals surface area (Å²) in [4.78, 5) is 44.8. The summed E-state index contributed by atoms with van der Waals surface area (Å²) in [5.41, 5.74) is 0.462. The van der Waals surface area contributed by atoms with Crippen LogP contribution < -0.4 is 10.6 Å². The summed E-state index contributed by atoms with van der Waals surface area (Å²) in [7, 11) is 0. The summed E-state index contributed by atoms with van der Waals surface area (Å²) in [6, 6.07) is -0.438. The zero-order valence-corrected chi connectivity index (χ0v) is 17.9. The van der Waals surface area contributed by atoms with Gasteiger partial charge in [0.2, 0.25) is 5.91 Å². The Morgan fingerprint density at radius 2 is 2.10 bits per heavy atom. The molecule has 1 aromatic rings. The monoisotopic (exact) mass is 418 g/mol. The van der Waals surface area contributed by atoms with Gasteiger partial charge in [-0.15, -0.1) is 11.3 Å². The van der Waals surface area contributed by atoms with Crippen LogP contribution in [-0.2, 0) is 28.9 Å². The van der Waals surface area contributed by atoms with Gasteiger partial charge in [-0.25, -0.2) is 9.78 Å². The van der Waals surface area contributed by atoms with E-state index in [1.165, 1.54) is 23.4 Å². The molecule has 4 amide bonds. The van der Waals surface area contributed by atoms with Gasteiger partial charge in [0.05, 0.1) is 10.7 Å². The zero-order chi connectivity index (χ0) is 20.4. The SMILES string of the molecule is CC1CCCCC12NC(=O)N(CC(=O)NCCCc1nc3c(s1)CCCC3)C2=O. The standard InChI is InChI=1S/C21H30N4O3S/c1-14-7-4-5-11-21(14)19(27)25(20(28)24-21)13-17(26)22-12-6-10-18-23-15-8-2-3-9-16(15)29-18/h14H,2-13H2,1H3,(H,22,26)(H,24,28). The Hall–Kier alpha value is -1.96. The summed E-state index contributed by atoms with van der Waals surface area (Å²) in [5.74, 6) is -0.421. The fourth-order valence-corrected chi connectivity index (χ4v) is 6.02.